The Morgan fingerprint density at radius 2 is 1.79 bits per heavy atom. The molecule has 128 valence electrons. The van der Waals surface area contributed by atoms with Gasteiger partial charge in [-0.1, -0.05) is 12.1 Å². The van der Waals surface area contributed by atoms with Gasteiger partial charge in [-0.25, -0.2) is 4.79 Å². The van der Waals surface area contributed by atoms with Crippen LogP contribution >= 0.6 is 0 Å². The molecule has 0 saturated heterocycles. The van der Waals surface area contributed by atoms with Crippen LogP contribution in [0.4, 0.5) is 10.5 Å². The molecule has 0 fully saturated rings. The van der Waals surface area contributed by atoms with E-state index in [1.807, 2.05) is 18.3 Å². The van der Waals surface area contributed by atoms with Gasteiger partial charge < -0.3 is 14.4 Å². The minimum absolute atomic E-state index is 0.327. The number of carbonyl (C=O) groups is 2. The number of nitrogens with one attached hydrogen (secondary N) is 1. The zero-order valence-corrected chi connectivity index (χ0v) is 14.3. The molecular formula is C18H22N2O4. The number of ether oxygens (including phenoxy) is 1. The molecule has 0 saturated carbocycles. The van der Waals surface area contributed by atoms with Crippen molar-refractivity contribution in [2.45, 2.75) is 26.4 Å². The average molecular weight is 330 g/mol. The number of aryl methyl sites for hydroxylation is 1. The molecule has 1 heterocycles. The van der Waals surface area contributed by atoms with Crippen molar-refractivity contribution in [3.63, 3.8) is 0 Å². The number of nitrogens with zero attached hydrogens (tertiary/aromatic N) is 1. The molecule has 0 radical (unpaired) electrons. The summed E-state index contributed by atoms with van der Waals surface area (Å²) < 4.78 is 6.88. The molecule has 24 heavy (non-hydrogen) atoms. The normalized spacial score (nSPS) is 11.2. The highest BCUT2D eigenvalue weighted by atomic mass is 16.6. The molecule has 2 rings (SSSR count). The van der Waals surface area contributed by atoms with Gasteiger partial charge in [-0.15, -0.1) is 0 Å². The molecule has 2 aromatic rings. The molecule has 0 aliphatic carbocycles. The largest absolute Gasteiger partial charge is 0.444 e. The van der Waals surface area contributed by atoms with Crippen LogP contribution in [0, 0.1) is 0 Å². The summed E-state index contributed by atoms with van der Waals surface area (Å²) >= 11 is 0. The third kappa shape index (κ3) is 4.45. The highest BCUT2D eigenvalue weighted by Gasteiger charge is 2.16. The lowest BCUT2D eigenvalue weighted by molar-refractivity contribution is 0.0635. The number of amides is 1. The number of aliphatic hydroxyl groups is 1. The minimum atomic E-state index is -0.552. The molecule has 1 aromatic heterocycles. The van der Waals surface area contributed by atoms with Crippen LogP contribution in [0.2, 0.25) is 0 Å². The number of rotatable bonds is 4. The topological polar surface area (TPSA) is 80.6 Å². The van der Waals surface area contributed by atoms with Gasteiger partial charge in [0.25, 0.3) is 0 Å². The minimum Gasteiger partial charge on any atom is -0.444 e. The van der Waals surface area contributed by atoms with E-state index in [0.717, 1.165) is 11.1 Å². The molecule has 0 bridgehead atoms. The number of hydrogen-bond acceptors (Lipinski definition) is 4. The highest BCUT2D eigenvalue weighted by molar-refractivity contribution is 5.97. The van der Waals surface area contributed by atoms with Crippen LogP contribution in [0.3, 0.4) is 0 Å². The van der Waals surface area contributed by atoms with Crippen LogP contribution in [-0.4, -0.2) is 33.8 Å². The van der Waals surface area contributed by atoms with Crippen molar-refractivity contribution >= 4 is 17.6 Å². The molecule has 0 atom stereocenters. The number of benzene rings is 1. The van der Waals surface area contributed by atoms with Crippen molar-refractivity contribution in [2.24, 2.45) is 7.05 Å². The molecule has 1 aromatic carbocycles. The first-order valence-corrected chi connectivity index (χ1v) is 7.60. The van der Waals surface area contributed by atoms with Gasteiger partial charge in [-0.3, -0.25) is 10.1 Å². The molecule has 0 aliphatic heterocycles. The molecule has 1 amide bonds. The van der Waals surface area contributed by atoms with Gasteiger partial charge in [-0.2, -0.15) is 0 Å². The Morgan fingerprint density at radius 1 is 1.17 bits per heavy atom. The molecule has 0 aliphatic rings. The van der Waals surface area contributed by atoms with E-state index in [4.69, 9.17) is 9.84 Å². The van der Waals surface area contributed by atoms with Crippen LogP contribution in [0.1, 0.15) is 31.3 Å². The van der Waals surface area contributed by atoms with E-state index in [1.54, 1.807) is 50.6 Å². The Morgan fingerprint density at radius 3 is 2.33 bits per heavy atom. The monoisotopic (exact) mass is 330 g/mol. The first-order chi connectivity index (χ1) is 11.2. The van der Waals surface area contributed by atoms with E-state index in [2.05, 4.69) is 5.32 Å². The van der Waals surface area contributed by atoms with Crippen LogP contribution in [0.25, 0.3) is 11.1 Å². The van der Waals surface area contributed by atoms with E-state index in [9.17, 15) is 9.59 Å². The predicted molar refractivity (Wildman–Crippen MR) is 92.1 cm³/mol. The van der Waals surface area contributed by atoms with Crippen LogP contribution < -0.4 is 5.32 Å². The lowest BCUT2D eigenvalue weighted by Crippen LogP contribution is -2.27. The van der Waals surface area contributed by atoms with Gasteiger partial charge in [0.15, 0.2) is 0 Å². The standard InChI is InChI=1S/C18H22N2O4/c1-18(2,3)24-17(23)19-14-7-5-12(6-8-14)13-9-15(16(22)11-21)20(4)10-13/h5-10,21H,11H2,1-4H3,(H,19,23). The number of aliphatic hydroxyl groups excluding tert-OH is 1. The number of aromatic nitrogens is 1. The Hall–Kier alpha value is -2.60. The fourth-order valence-electron chi connectivity index (χ4n) is 2.25. The van der Waals surface area contributed by atoms with Crippen molar-refractivity contribution in [2.75, 3.05) is 11.9 Å². The van der Waals surface area contributed by atoms with Crippen molar-refractivity contribution in [3.8, 4) is 11.1 Å². The maximum absolute atomic E-state index is 11.7. The van der Waals surface area contributed by atoms with Crippen LogP contribution in [-0.2, 0) is 11.8 Å². The number of anilines is 1. The number of Topliss-reactive ketones (excluding diaryl/α,β-unsaturated/α-hetero) is 1. The maximum Gasteiger partial charge on any atom is 0.412 e. The molecule has 6 heteroatoms. The maximum atomic E-state index is 11.7. The quantitative estimate of drug-likeness (QED) is 0.844. The summed E-state index contributed by atoms with van der Waals surface area (Å²) in [6, 6.07) is 8.94. The first kappa shape index (κ1) is 17.7. The number of carbonyl (C=O) groups excluding carboxylic acids is 2. The van der Waals surface area contributed by atoms with Crippen LogP contribution in [0.5, 0.6) is 0 Å². The summed E-state index contributed by atoms with van der Waals surface area (Å²) in [5.74, 6) is -0.327. The summed E-state index contributed by atoms with van der Waals surface area (Å²) in [5, 5.41) is 11.6. The van der Waals surface area contributed by atoms with E-state index in [0.29, 0.717) is 11.4 Å². The Labute approximate surface area is 141 Å². The third-order valence-corrected chi connectivity index (χ3v) is 3.30. The predicted octanol–water partition coefficient (Wildman–Crippen LogP) is 3.21. The molecule has 0 spiro atoms. The molecular weight excluding hydrogens is 308 g/mol. The van der Waals surface area contributed by atoms with Gasteiger partial charge in [0.1, 0.15) is 12.2 Å². The van der Waals surface area contributed by atoms with Gasteiger partial charge in [-0.05, 0) is 44.5 Å². The summed E-state index contributed by atoms with van der Waals surface area (Å²) in [6.45, 7) is 4.89. The SMILES string of the molecule is Cn1cc(-c2ccc(NC(=O)OC(C)(C)C)cc2)cc1C(=O)CO. The number of hydrogen-bond donors (Lipinski definition) is 2. The summed E-state index contributed by atoms with van der Waals surface area (Å²) in [6.07, 6.45) is 1.31. The lowest BCUT2D eigenvalue weighted by Gasteiger charge is -2.19. The Kier molecular flexibility index (Phi) is 5.09. The lowest BCUT2D eigenvalue weighted by atomic mass is 10.1. The second-order valence-corrected chi connectivity index (χ2v) is 6.51. The third-order valence-electron chi connectivity index (χ3n) is 3.30. The second-order valence-electron chi connectivity index (χ2n) is 6.51. The average Bonchev–Trinajstić information content (AvgIpc) is 2.87. The smallest absolute Gasteiger partial charge is 0.412 e. The zero-order chi connectivity index (χ0) is 17.9. The van der Waals surface area contributed by atoms with Crippen molar-refractivity contribution in [3.05, 3.63) is 42.2 Å². The molecule has 0 unspecified atom stereocenters. The van der Waals surface area contributed by atoms with E-state index >= 15 is 0 Å². The summed E-state index contributed by atoms with van der Waals surface area (Å²) in [5.41, 5.74) is 2.28. The molecule has 2 N–H and O–H groups in total. The summed E-state index contributed by atoms with van der Waals surface area (Å²) in [7, 11) is 1.75. The van der Waals surface area contributed by atoms with E-state index in [-0.39, 0.29) is 5.78 Å². The van der Waals surface area contributed by atoms with Gasteiger partial charge in [0, 0.05) is 24.5 Å². The van der Waals surface area contributed by atoms with E-state index < -0.39 is 18.3 Å². The zero-order valence-electron chi connectivity index (χ0n) is 14.3. The van der Waals surface area contributed by atoms with Gasteiger partial charge >= 0.3 is 6.09 Å². The fraction of sp³-hybridized carbons (Fsp3) is 0.333. The van der Waals surface area contributed by atoms with Gasteiger partial charge in [0.2, 0.25) is 5.78 Å². The second kappa shape index (κ2) is 6.88. The fourth-order valence-corrected chi connectivity index (χ4v) is 2.25. The summed E-state index contributed by atoms with van der Waals surface area (Å²) in [4.78, 5) is 23.4. The van der Waals surface area contributed by atoms with Crippen molar-refractivity contribution < 1.29 is 19.4 Å². The van der Waals surface area contributed by atoms with E-state index in [1.165, 1.54) is 0 Å². The first-order valence-electron chi connectivity index (χ1n) is 7.60. The molecule has 6 nitrogen and oxygen atoms in total. The Balaban J connectivity index is 2.12. The van der Waals surface area contributed by atoms with Crippen molar-refractivity contribution in [1.82, 2.24) is 4.57 Å². The highest BCUT2D eigenvalue weighted by Crippen LogP contribution is 2.24. The van der Waals surface area contributed by atoms with Crippen molar-refractivity contribution in [1.29, 1.82) is 0 Å². The van der Waals surface area contributed by atoms with Crippen LogP contribution in [0.15, 0.2) is 36.5 Å². The Bertz CT molecular complexity index is 739. The number of ketones is 1. The van der Waals surface area contributed by atoms with Gasteiger partial charge in [0.05, 0.1) is 5.69 Å².